The molecular weight excluding hydrogens is 328 g/mol. The average molecular weight is 348 g/mol. The zero-order valence-corrected chi connectivity index (χ0v) is 14.3. The van der Waals surface area contributed by atoms with E-state index < -0.39 is 16.8 Å². The number of hydrogen-bond acceptors (Lipinski definition) is 4. The predicted octanol–water partition coefficient (Wildman–Crippen LogP) is 3.11. The summed E-state index contributed by atoms with van der Waals surface area (Å²) in [5, 5.41) is 8.97. The lowest BCUT2D eigenvalue weighted by Gasteiger charge is -2.11. The summed E-state index contributed by atoms with van der Waals surface area (Å²) in [7, 11) is -1.14. The fourth-order valence-electron chi connectivity index (χ4n) is 2.14. The van der Waals surface area contributed by atoms with Gasteiger partial charge in [0.15, 0.2) is 11.5 Å². The molecule has 2 aromatic carbocycles. The monoisotopic (exact) mass is 348 g/mol. The van der Waals surface area contributed by atoms with Crippen LogP contribution in [0.3, 0.4) is 0 Å². The Balaban J connectivity index is 1.86. The van der Waals surface area contributed by atoms with E-state index in [0.29, 0.717) is 36.2 Å². The highest BCUT2D eigenvalue weighted by Gasteiger charge is 2.08. The summed E-state index contributed by atoms with van der Waals surface area (Å²) < 4.78 is 23.3. The van der Waals surface area contributed by atoms with Crippen LogP contribution in [0.1, 0.15) is 22.8 Å². The fourth-order valence-corrected chi connectivity index (χ4v) is 3.11. The molecule has 0 radical (unpaired) electrons. The summed E-state index contributed by atoms with van der Waals surface area (Å²) in [6, 6.07) is 13.9. The molecule has 0 bridgehead atoms. The van der Waals surface area contributed by atoms with E-state index in [1.807, 2.05) is 31.2 Å². The second-order valence-corrected chi connectivity index (χ2v) is 6.60. The summed E-state index contributed by atoms with van der Waals surface area (Å²) in [5.41, 5.74) is 0.939. The molecule has 0 heterocycles. The van der Waals surface area contributed by atoms with Gasteiger partial charge in [-0.05, 0) is 36.8 Å². The Kier molecular flexibility index (Phi) is 6.81. The van der Waals surface area contributed by atoms with E-state index in [0.717, 1.165) is 5.56 Å². The molecule has 1 unspecified atom stereocenters. The van der Waals surface area contributed by atoms with Crippen LogP contribution in [0.25, 0.3) is 0 Å². The van der Waals surface area contributed by atoms with Crippen molar-refractivity contribution in [1.29, 1.82) is 0 Å². The Morgan fingerprint density at radius 3 is 2.46 bits per heavy atom. The number of ether oxygens (including phenoxy) is 2. The van der Waals surface area contributed by atoms with Gasteiger partial charge in [0.1, 0.15) is 0 Å². The molecule has 24 heavy (non-hydrogen) atoms. The van der Waals surface area contributed by atoms with Crippen molar-refractivity contribution in [2.45, 2.75) is 12.7 Å². The average Bonchev–Trinajstić information content (AvgIpc) is 2.57. The van der Waals surface area contributed by atoms with Crippen LogP contribution in [-0.4, -0.2) is 34.3 Å². The second kappa shape index (κ2) is 9.08. The van der Waals surface area contributed by atoms with Crippen LogP contribution in [0.2, 0.25) is 0 Å². The Labute approximate surface area is 143 Å². The van der Waals surface area contributed by atoms with Crippen LogP contribution < -0.4 is 9.47 Å². The Bertz CT molecular complexity index is 714. The highest BCUT2D eigenvalue weighted by molar-refractivity contribution is 7.84. The summed E-state index contributed by atoms with van der Waals surface area (Å²) in [4.78, 5) is 10.9. The lowest BCUT2D eigenvalue weighted by Crippen LogP contribution is -2.11. The maximum atomic E-state index is 12.1. The first-order chi connectivity index (χ1) is 11.6. The van der Waals surface area contributed by atoms with E-state index in [1.165, 1.54) is 6.07 Å². The first kappa shape index (κ1) is 18.0. The van der Waals surface area contributed by atoms with Gasteiger partial charge in [-0.3, -0.25) is 4.21 Å². The zero-order valence-electron chi connectivity index (χ0n) is 13.4. The number of para-hydroxylation sites is 2. The largest absolute Gasteiger partial charge is 0.490 e. The van der Waals surface area contributed by atoms with Crippen LogP contribution >= 0.6 is 0 Å². The number of carboxylic acids is 1. The van der Waals surface area contributed by atoms with Gasteiger partial charge >= 0.3 is 5.97 Å². The smallest absolute Gasteiger partial charge is 0.335 e. The molecule has 1 atom stereocenters. The number of hydrogen-bond donors (Lipinski definition) is 1. The normalized spacial score (nSPS) is 11.7. The van der Waals surface area contributed by atoms with Gasteiger partial charge in [0.2, 0.25) is 0 Å². The minimum Gasteiger partial charge on any atom is -0.490 e. The molecule has 5 nitrogen and oxygen atoms in total. The molecule has 2 aromatic rings. The number of benzene rings is 2. The Morgan fingerprint density at radius 1 is 1.08 bits per heavy atom. The molecule has 0 saturated heterocycles. The molecule has 0 aliphatic heterocycles. The second-order valence-electron chi connectivity index (χ2n) is 5.02. The summed E-state index contributed by atoms with van der Waals surface area (Å²) >= 11 is 0. The molecule has 0 amide bonds. The molecule has 128 valence electrons. The molecule has 0 spiro atoms. The quantitative estimate of drug-likeness (QED) is 0.754. The van der Waals surface area contributed by atoms with Gasteiger partial charge in [-0.1, -0.05) is 24.3 Å². The van der Waals surface area contributed by atoms with Gasteiger partial charge in [-0.15, -0.1) is 0 Å². The molecule has 0 saturated carbocycles. The third-order valence-electron chi connectivity index (χ3n) is 3.22. The maximum Gasteiger partial charge on any atom is 0.335 e. The van der Waals surface area contributed by atoms with Gasteiger partial charge in [-0.2, -0.15) is 0 Å². The number of carboxylic acid groups (broad SMARTS) is 1. The van der Waals surface area contributed by atoms with Crippen molar-refractivity contribution in [3.63, 3.8) is 0 Å². The molecule has 0 aromatic heterocycles. The highest BCUT2D eigenvalue weighted by Crippen LogP contribution is 2.26. The fraction of sp³-hybridized carbons (Fsp3) is 0.278. The van der Waals surface area contributed by atoms with Crippen molar-refractivity contribution < 1.29 is 23.6 Å². The summed E-state index contributed by atoms with van der Waals surface area (Å²) in [6.07, 6.45) is 0. The van der Waals surface area contributed by atoms with E-state index in [1.54, 1.807) is 18.2 Å². The van der Waals surface area contributed by atoms with Gasteiger partial charge in [0.25, 0.3) is 0 Å². The molecule has 1 N–H and O–H groups in total. The third kappa shape index (κ3) is 5.38. The molecule has 0 fully saturated rings. The van der Waals surface area contributed by atoms with Crippen LogP contribution in [0.15, 0.2) is 48.5 Å². The van der Waals surface area contributed by atoms with Gasteiger partial charge in [0, 0.05) is 16.6 Å². The first-order valence-electron chi connectivity index (χ1n) is 7.62. The predicted molar refractivity (Wildman–Crippen MR) is 93.2 cm³/mol. The van der Waals surface area contributed by atoms with Gasteiger partial charge in [-0.25, -0.2) is 4.79 Å². The van der Waals surface area contributed by atoms with Crippen molar-refractivity contribution in [3.05, 3.63) is 59.7 Å². The van der Waals surface area contributed by atoms with Crippen molar-refractivity contribution in [3.8, 4) is 11.5 Å². The standard InChI is InChI=1S/C18H20O5S/c1-2-22-16-8-3-4-9-17(16)23-10-11-24(21)13-14-6-5-7-15(12-14)18(19)20/h3-9,12H,2,10-11,13H2,1H3,(H,19,20). The van der Waals surface area contributed by atoms with Crippen molar-refractivity contribution in [1.82, 2.24) is 0 Å². The number of aromatic carboxylic acids is 1. The van der Waals surface area contributed by atoms with E-state index >= 15 is 0 Å². The van der Waals surface area contributed by atoms with Crippen LogP contribution in [-0.2, 0) is 16.6 Å². The van der Waals surface area contributed by atoms with E-state index in [2.05, 4.69) is 0 Å². The molecule has 2 rings (SSSR count). The molecular formula is C18H20O5S. The van der Waals surface area contributed by atoms with Crippen molar-refractivity contribution >= 4 is 16.8 Å². The van der Waals surface area contributed by atoms with E-state index in [4.69, 9.17) is 14.6 Å². The van der Waals surface area contributed by atoms with Crippen molar-refractivity contribution in [2.75, 3.05) is 19.0 Å². The maximum absolute atomic E-state index is 12.1. The topological polar surface area (TPSA) is 72.8 Å². The summed E-state index contributed by atoms with van der Waals surface area (Å²) in [5.74, 6) is 0.970. The van der Waals surface area contributed by atoms with Crippen molar-refractivity contribution in [2.24, 2.45) is 0 Å². The molecule has 6 heteroatoms. The summed E-state index contributed by atoms with van der Waals surface area (Å²) in [6.45, 7) is 2.75. The van der Waals surface area contributed by atoms with Crippen LogP contribution in [0.4, 0.5) is 0 Å². The molecule has 0 aliphatic carbocycles. The lowest BCUT2D eigenvalue weighted by molar-refractivity contribution is 0.0696. The minimum absolute atomic E-state index is 0.200. The van der Waals surface area contributed by atoms with Crippen LogP contribution in [0, 0.1) is 0 Å². The highest BCUT2D eigenvalue weighted by atomic mass is 32.2. The zero-order chi connectivity index (χ0) is 17.4. The van der Waals surface area contributed by atoms with Gasteiger partial charge < -0.3 is 14.6 Å². The minimum atomic E-state index is -1.14. The molecule has 0 aliphatic rings. The Hall–Kier alpha value is -2.34. The van der Waals surface area contributed by atoms with E-state index in [9.17, 15) is 9.00 Å². The van der Waals surface area contributed by atoms with Crippen LogP contribution in [0.5, 0.6) is 11.5 Å². The number of rotatable bonds is 9. The van der Waals surface area contributed by atoms with Gasteiger partial charge in [0.05, 0.1) is 24.5 Å². The Morgan fingerprint density at radius 2 is 1.79 bits per heavy atom. The number of carbonyl (C=O) groups is 1. The first-order valence-corrected chi connectivity index (χ1v) is 9.10. The SMILES string of the molecule is CCOc1ccccc1OCCS(=O)Cc1cccc(C(=O)O)c1. The third-order valence-corrected chi connectivity index (χ3v) is 4.50. The lowest BCUT2D eigenvalue weighted by atomic mass is 10.1. The van der Waals surface area contributed by atoms with E-state index in [-0.39, 0.29) is 5.56 Å².